The van der Waals surface area contributed by atoms with Crippen LogP contribution in [0.2, 0.25) is 0 Å². The van der Waals surface area contributed by atoms with Crippen molar-refractivity contribution < 1.29 is 29.3 Å². The molecule has 0 aliphatic heterocycles. The molecule has 7 heteroatoms. The number of aliphatic hydroxyl groups excluding tert-OH is 1. The molecule has 0 spiro atoms. The Bertz CT molecular complexity index is 1440. The molecule has 38 heavy (non-hydrogen) atoms. The molecule has 3 N–H and O–H groups in total. The molecule has 7 nitrogen and oxygen atoms in total. The lowest BCUT2D eigenvalue weighted by atomic mass is 9.95. The summed E-state index contributed by atoms with van der Waals surface area (Å²) in [6, 6.07) is 25.4. The van der Waals surface area contributed by atoms with Gasteiger partial charge in [-0.2, -0.15) is 0 Å². The van der Waals surface area contributed by atoms with Gasteiger partial charge in [0.15, 0.2) is 0 Å². The van der Waals surface area contributed by atoms with Gasteiger partial charge in [-0.05, 0) is 90.6 Å². The molecule has 0 heterocycles. The Balaban J connectivity index is 1.18. The first kappa shape index (κ1) is 25.3. The van der Waals surface area contributed by atoms with Gasteiger partial charge in [-0.1, -0.05) is 36.4 Å². The lowest BCUT2D eigenvalue weighted by molar-refractivity contribution is -0.115. The van der Waals surface area contributed by atoms with Gasteiger partial charge < -0.3 is 25.0 Å². The summed E-state index contributed by atoms with van der Waals surface area (Å²) < 4.78 is 12.2. The van der Waals surface area contributed by atoms with Crippen molar-refractivity contribution in [2.75, 3.05) is 5.32 Å². The molecule has 0 bridgehead atoms. The van der Waals surface area contributed by atoms with E-state index in [1.54, 1.807) is 30.3 Å². The number of anilines is 1. The molecule has 194 valence electrons. The largest absolute Gasteiger partial charge is 0.490 e. The lowest BCUT2D eigenvalue weighted by Crippen LogP contribution is -2.26. The monoisotopic (exact) mass is 511 g/mol. The van der Waals surface area contributed by atoms with Crippen LogP contribution in [-0.4, -0.2) is 34.3 Å². The fourth-order valence-corrected chi connectivity index (χ4v) is 4.66. The van der Waals surface area contributed by atoms with E-state index in [-0.39, 0.29) is 35.8 Å². The third-order valence-corrected chi connectivity index (χ3v) is 6.68. The van der Waals surface area contributed by atoms with Crippen LogP contribution < -0.4 is 14.8 Å². The van der Waals surface area contributed by atoms with E-state index in [9.17, 15) is 19.8 Å². The number of hydrogen-bond acceptors (Lipinski definition) is 5. The van der Waals surface area contributed by atoms with E-state index < -0.39 is 5.97 Å². The number of nitrogens with one attached hydrogen (secondary N) is 1. The van der Waals surface area contributed by atoms with Gasteiger partial charge in [0.25, 0.3) is 0 Å². The molecule has 4 aromatic rings. The molecule has 1 aliphatic rings. The number of ether oxygens (including phenoxy) is 2. The van der Waals surface area contributed by atoms with Crippen molar-refractivity contribution in [3.05, 3.63) is 96.1 Å². The van der Waals surface area contributed by atoms with Gasteiger partial charge in [-0.3, -0.25) is 4.79 Å². The van der Waals surface area contributed by atoms with Crippen molar-refractivity contribution in [2.24, 2.45) is 0 Å². The van der Waals surface area contributed by atoms with E-state index in [0.717, 1.165) is 47.8 Å². The minimum atomic E-state index is -1.09. The van der Waals surface area contributed by atoms with Gasteiger partial charge >= 0.3 is 5.97 Å². The van der Waals surface area contributed by atoms with Crippen molar-refractivity contribution in [2.45, 2.75) is 44.3 Å². The Morgan fingerprint density at radius 1 is 0.789 bits per heavy atom. The zero-order valence-electron chi connectivity index (χ0n) is 20.8. The molecule has 0 atom stereocenters. The molecule has 5 rings (SSSR count). The second-order valence-corrected chi connectivity index (χ2v) is 9.54. The SMILES string of the molecule is O=C(Cc1ccc(Oc2ccc3cc(OC4CCC(O)CC4)ccc3c2)cc1)Nc1ccccc1C(=O)O. The van der Waals surface area contributed by atoms with Gasteiger partial charge in [-0.25, -0.2) is 4.79 Å². The average molecular weight is 512 g/mol. The smallest absolute Gasteiger partial charge is 0.337 e. The standard InChI is InChI=1S/C31H29NO6/c33-23-9-15-25(16-10-23)38-27-14-8-21-18-26(13-7-22(21)19-27)37-24-11-5-20(6-12-24)17-30(34)32-29-4-2-1-3-28(29)31(35)36/h1-8,11-14,18-19,23,25,33H,9-10,15-17H2,(H,32,34)(H,35,36). The molecule has 1 saturated carbocycles. The second kappa shape index (κ2) is 11.4. The Morgan fingerprint density at radius 3 is 2.13 bits per heavy atom. The maximum Gasteiger partial charge on any atom is 0.337 e. The topological polar surface area (TPSA) is 105 Å². The molecule has 1 fully saturated rings. The molecule has 0 unspecified atom stereocenters. The van der Waals surface area contributed by atoms with Crippen molar-refractivity contribution in [1.29, 1.82) is 0 Å². The minimum absolute atomic E-state index is 0.0497. The number of carbonyl (C=O) groups excluding carboxylic acids is 1. The number of carboxylic acids is 1. The van der Waals surface area contributed by atoms with Crippen molar-refractivity contribution in [1.82, 2.24) is 0 Å². The molecule has 1 aliphatic carbocycles. The number of aromatic carboxylic acids is 1. The third kappa shape index (κ3) is 6.30. The van der Waals surface area contributed by atoms with E-state index >= 15 is 0 Å². The maximum absolute atomic E-state index is 12.5. The van der Waals surface area contributed by atoms with E-state index in [4.69, 9.17) is 9.47 Å². The summed E-state index contributed by atoms with van der Waals surface area (Å²) in [6.45, 7) is 0. The number of aliphatic hydroxyl groups is 1. The predicted octanol–water partition coefficient (Wildman–Crippen LogP) is 6.19. The summed E-state index contributed by atoms with van der Waals surface area (Å²) in [6.07, 6.45) is 3.36. The summed E-state index contributed by atoms with van der Waals surface area (Å²) in [7, 11) is 0. The van der Waals surface area contributed by atoms with Crippen LogP contribution in [0.5, 0.6) is 17.2 Å². The summed E-state index contributed by atoms with van der Waals surface area (Å²) in [5, 5.41) is 23.7. The van der Waals surface area contributed by atoms with Gasteiger partial charge in [0.2, 0.25) is 5.91 Å². The minimum Gasteiger partial charge on any atom is -0.490 e. The highest BCUT2D eigenvalue weighted by atomic mass is 16.5. The number of para-hydroxylation sites is 1. The number of benzene rings is 4. The van der Waals surface area contributed by atoms with Crippen LogP contribution in [0.4, 0.5) is 5.69 Å². The Morgan fingerprint density at radius 2 is 1.42 bits per heavy atom. The van der Waals surface area contributed by atoms with E-state index in [0.29, 0.717) is 11.5 Å². The molecule has 0 aromatic heterocycles. The first-order chi connectivity index (χ1) is 18.4. The number of rotatable bonds is 8. The van der Waals surface area contributed by atoms with E-state index in [1.807, 2.05) is 48.5 Å². The van der Waals surface area contributed by atoms with Crippen molar-refractivity contribution in [3.63, 3.8) is 0 Å². The highest BCUT2D eigenvalue weighted by Gasteiger charge is 2.20. The van der Waals surface area contributed by atoms with E-state index in [1.165, 1.54) is 6.07 Å². The van der Waals surface area contributed by atoms with Crippen molar-refractivity contribution >= 4 is 28.3 Å². The fourth-order valence-electron chi connectivity index (χ4n) is 4.66. The number of fused-ring (bicyclic) bond motifs is 1. The Hall–Kier alpha value is -4.36. The summed E-state index contributed by atoms with van der Waals surface area (Å²) in [5.41, 5.74) is 1.10. The number of amides is 1. The Kier molecular flexibility index (Phi) is 7.56. The third-order valence-electron chi connectivity index (χ3n) is 6.68. The van der Waals surface area contributed by atoms with Gasteiger partial charge in [0.05, 0.1) is 29.9 Å². The van der Waals surface area contributed by atoms with Crippen LogP contribution in [0, 0.1) is 0 Å². The molecule has 4 aromatic carbocycles. The van der Waals surface area contributed by atoms with E-state index in [2.05, 4.69) is 5.32 Å². The van der Waals surface area contributed by atoms with Gasteiger partial charge in [-0.15, -0.1) is 0 Å². The average Bonchev–Trinajstić information content (AvgIpc) is 2.91. The quantitative estimate of drug-likeness (QED) is 0.260. The Labute approximate surface area is 220 Å². The molecule has 1 amide bonds. The summed E-state index contributed by atoms with van der Waals surface area (Å²) in [5.74, 6) is 0.781. The van der Waals surface area contributed by atoms with Crippen LogP contribution in [0.15, 0.2) is 84.9 Å². The zero-order valence-corrected chi connectivity index (χ0v) is 20.8. The lowest BCUT2D eigenvalue weighted by Gasteiger charge is -2.26. The highest BCUT2D eigenvalue weighted by molar-refractivity contribution is 6.01. The molecule has 0 saturated heterocycles. The first-order valence-corrected chi connectivity index (χ1v) is 12.7. The number of carbonyl (C=O) groups is 2. The number of carboxylic acid groups (broad SMARTS) is 1. The second-order valence-electron chi connectivity index (χ2n) is 9.54. The van der Waals surface area contributed by atoms with Crippen LogP contribution >= 0.6 is 0 Å². The van der Waals surface area contributed by atoms with Gasteiger partial charge in [0, 0.05) is 0 Å². The zero-order chi connectivity index (χ0) is 26.5. The highest BCUT2D eigenvalue weighted by Crippen LogP contribution is 2.30. The van der Waals surface area contributed by atoms with Crippen LogP contribution in [0.3, 0.4) is 0 Å². The molecular formula is C31H29NO6. The van der Waals surface area contributed by atoms with Gasteiger partial charge in [0.1, 0.15) is 17.2 Å². The first-order valence-electron chi connectivity index (χ1n) is 12.7. The molecule has 0 radical (unpaired) electrons. The fraction of sp³-hybridized carbons (Fsp3) is 0.226. The summed E-state index contributed by atoms with van der Waals surface area (Å²) in [4.78, 5) is 23.8. The maximum atomic E-state index is 12.5. The molecular weight excluding hydrogens is 482 g/mol. The number of hydrogen-bond donors (Lipinski definition) is 3. The summed E-state index contributed by atoms with van der Waals surface area (Å²) >= 11 is 0. The van der Waals surface area contributed by atoms with Crippen LogP contribution in [0.1, 0.15) is 41.6 Å². The van der Waals surface area contributed by atoms with Crippen LogP contribution in [-0.2, 0) is 11.2 Å². The predicted molar refractivity (Wildman–Crippen MR) is 145 cm³/mol. The van der Waals surface area contributed by atoms with Crippen LogP contribution in [0.25, 0.3) is 10.8 Å². The normalized spacial score (nSPS) is 17.1. The van der Waals surface area contributed by atoms with Crippen molar-refractivity contribution in [3.8, 4) is 17.2 Å².